The number of carbonyl (C=O) groups is 1. The fourth-order valence-corrected chi connectivity index (χ4v) is 3.55. The van der Waals surface area contributed by atoms with Crippen molar-refractivity contribution in [2.75, 3.05) is 30.9 Å². The van der Waals surface area contributed by atoms with Crippen LogP contribution >= 0.6 is 0 Å². The molecule has 29 heavy (non-hydrogen) atoms. The van der Waals surface area contributed by atoms with E-state index < -0.39 is 11.2 Å². The Balaban J connectivity index is 1.94. The highest BCUT2D eigenvalue weighted by atomic mass is 19.1. The first-order chi connectivity index (χ1) is 13.9. The minimum atomic E-state index is -0.705. The van der Waals surface area contributed by atoms with Crippen LogP contribution in [0, 0.1) is 11.7 Å². The van der Waals surface area contributed by atoms with Gasteiger partial charge in [-0.05, 0) is 36.5 Å². The van der Waals surface area contributed by atoms with Gasteiger partial charge in [-0.15, -0.1) is 0 Å². The predicted octanol–water partition coefficient (Wildman–Crippen LogP) is 1.45. The summed E-state index contributed by atoms with van der Waals surface area (Å²) in [6, 6.07) is 6.05. The molecule has 1 fully saturated rings. The van der Waals surface area contributed by atoms with Gasteiger partial charge in [0.1, 0.15) is 11.6 Å². The van der Waals surface area contributed by atoms with Crippen molar-refractivity contribution >= 4 is 17.4 Å². The van der Waals surface area contributed by atoms with Crippen LogP contribution in [0.15, 0.2) is 33.9 Å². The van der Waals surface area contributed by atoms with E-state index in [-0.39, 0.29) is 48.2 Å². The van der Waals surface area contributed by atoms with E-state index in [2.05, 4.69) is 4.98 Å². The number of ether oxygens (including phenoxy) is 1. The molecule has 1 aromatic carbocycles. The average Bonchev–Trinajstić information content (AvgIpc) is 3.48. The Labute approximate surface area is 167 Å². The molecule has 1 aromatic heterocycles. The number of nitrogens with one attached hydrogen (secondary N) is 1. The molecule has 2 aromatic rings. The molecule has 1 amide bonds. The van der Waals surface area contributed by atoms with Gasteiger partial charge in [0, 0.05) is 26.1 Å². The number of amides is 1. The first-order valence-electron chi connectivity index (χ1n) is 9.57. The molecule has 9 heteroatoms. The number of nitrogens with two attached hydrogens (primary N) is 1. The number of methoxy groups -OCH3 is 1. The van der Waals surface area contributed by atoms with Crippen LogP contribution in [0.3, 0.4) is 0 Å². The van der Waals surface area contributed by atoms with Gasteiger partial charge in [0.25, 0.3) is 5.56 Å². The minimum Gasteiger partial charge on any atom is -0.383 e. The number of rotatable bonds is 8. The molecule has 3 rings (SSSR count). The molecule has 1 heterocycles. The van der Waals surface area contributed by atoms with Crippen LogP contribution in [0.5, 0.6) is 0 Å². The van der Waals surface area contributed by atoms with Gasteiger partial charge in [0.2, 0.25) is 5.91 Å². The van der Waals surface area contributed by atoms with E-state index in [4.69, 9.17) is 10.5 Å². The van der Waals surface area contributed by atoms with Gasteiger partial charge >= 0.3 is 5.69 Å². The quantitative estimate of drug-likeness (QED) is 0.692. The van der Waals surface area contributed by atoms with Crippen molar-refractivity contribution in [3.05, 3.63) is 56.5 Å². The maximum atomic E-state index is 13.2. The Morgan fingerprint density at radius 1 is 1.34 bits per heavy atom. The second-order valence-electron chi connectivity index (χ2n) is 7.13. The summed E-state index contributed by atoms with van der Waals surface area (Å²) in [5.41, 5.74) is 5.65. The van der Waals surface area contributed by atoms with Crippen molar-refractivity contribution in [2.24, 2.45) is 5.92 Å². The lowest BCUT2D eigenvalue weighted by Crippen LogP contribution is -2.43. The molecule has 0 radical (unpaired) electrons. The zero-order valence-electron chi connectivity index (χ0n) is 16.5. The van der Waals surface area contributed by atoms with E-state index in [1.807, 2.05) is 6.92 Å². The Morgan fingerprint density at radius 3 is 2.66 bits per heavy atom. The predicted molar refractivity (Wildman–Crippen MR) is 108 cm³/mol. The smallest absolute Gasteiger partial charge is 0.330 e. The summed E-state index contributed by atoms with van der Waals surface area (Å²) in [5, 5.41) is 0. The fourth-order valence-electron chi connectivity index (χ4n) is 3.55. The van der Waals surface area contributed by atoms with E-state index in [0.29, 0.717) is 19.4 Å². The van der Waals surface area contributed by atoms with Gasteiger partial charge in [0.15, 0.2) is 5.69 Å². The minimum absolute atomic E-state index is 0.0372. The molecule has 0 aliphatic heterocycles. The van der Waals surface area contributed by atoms with Gasteiger partial charge in [-0.25, -0.2) is 9.18 Å². The molecule has 2 atom stereocenters. The van der Waals surface area contributed by atoms with Gasteiger partial charge in [-0.3, -0.25) is 19.1 Å². The summed E-state index contributed by atoms with van der Waals surface area (Å²) in [5.74, 6) is -1.03. The van der Waals surface area contributed by atoms with Crippen LogP contribution in [0.2, 0.25) is 0 Å². The first-order valence-corrected chi connectivity index (χ1v) is 9.57. The van der Waals surface area contributed by atoms with Crippen molar-refractivity contribution < 1.29 is 13.9 Å². The Bertz CT molecular complexity index is 999. The maximum absolute atomic E-state index is 13.2. The molecular formula is C20H25FN4O4. The molecule has 0 spiro atoms. The summed E-state index contributed by atoms with van der Waals surface area (Å²) in [7, 11) is 1.49. The molecule has 156 valence electrons. The molecule has 1 aliphatic carbocycles. The standard InChI is InChI=1S/C20H25FN4O4/c1-3-8-25-17(22)16(18(26)23-20(25)28)24(9-10-29-2)19(27)15-11-14(15)12-4-6-13(21)7-5-12/h4-7,14-15H,3,8-11,22H2,1-2H3,(H,23,26,28). The van der Waals surface area contributed by atoms with E-state index in [0.717, 1.165) is 5.56 Å². The lowest BCUT2D eigenvalue weighted by atomic mass is 10.1. The number of anilines is 2. The number of aromatic nitrogens is 2. The SMILES string of the molecule is CCCn1c(N)c(N(CCOC)C(=O)C2CC2c2ccc(F)cc2)c(=O)[nH]c1=O. The lowest BCUT2D eigenvalue weighted by Gasteiger charge is -2.24. The molecule has 0 saturated heterocycles. The number of H-pyrrole nitrogens is 1. The van der Waals surface area contributed by atoms with E-state index in [1.54, 1.807) is 12.1 Å². The van der Waals surface area contributed by atoms with E-state index >= 15 is 0 Å². The summed E-state index contributed by atoms with van der Waals surface area (Å²) in [4.78, 5) is 41.4. The molecule has 0 bridgehead atoms. The fraction of sp³-hybridized carbons (Fsp3) is 0.450. The van der Waals surface area contributed by atoms with E-state index in [1.165, 1.54) is 28.7 Å². The highest BCUT2D eigenvalue weighted by Gasteiger charge is 2.46. The molecule has 2 unspecified atom stereocenters. The Hall–Kier alpha value is -2.94. The summed E-state index contributed by atoms with van der Waals surface area (Å²) >= 11 is 0. The first kappa shape index (κ1) is 20.8. The van der Waals surface area contributed by atoms with Crippen LogP contribution < -0.4 is 21.9 Å². The molecule has 1 aliphatic rings. The van der Waals surface area contributed by atoms with Crippen molar-refractivity contribution in [1.29, 1.82) is 0 Å². The number of nitrogen functional groups attached to an aromatic ring is 1. The number of hydrogen-bond donors (Lipinski definition) is 2. The normalized spacial score (nSPS) is 17.9. The van der Waals surface area contributed by atoms with Gasteiger partial charge < -0.3 is 15.4 Å². The number of nitrogens with zero attached hydrogens (tertiary/aromatic N) is 2. The van der Waals surface area contributed by atoms with Gasteiger partial charge in [-0.1, -0.05) is 19.1 Å². The lowest BCUT2D eigenvalue weighted by molar-refractivity contribution is -0.120. The van der Waals surface area contributed by atoms with Crippen LogP contribution in [-0.2, 0) is 16.1 Å². The Morgan fingerprint density at radius 2 is 2.03 bits per heavy atom. The Kier molecular flexibility index (Phi) is 6.17. The van der Waals surface area contributed by atoms with Crippen LogP contribution in [-0.4, -0.2) is 35.7 Å². The summed E-state index contributed by atoms with van der Waals surface area (Å²) in [6.07, 6.45) is 1.23. The van der Waals surface area contributed by atoms with Crippen molar-refractivity contribution in [2.45, 2.75) is 32.2 Å². The highest BCUT2D eigenvalue weighted by Crippen LogP contribution is 2.48. The third-order valence-electron chi connectivity index (χ3n) is 5.12. The van der Waals surface area contributed by atoms with Crippen molar-refractivity contribution in [1.82, 2.24) is 9.55 Å². The molecular weight excluding hydrogens is 379 g/mol. The maximum Gasteiger partial charge on any atom is 0.330 e. The molecule has 8 nitrogen and oxygen atoms in total. The van der Waals surface area contributed by atoms with Gasteiger partial charge in [0.05, 0.1) is 6.61 Å². The third kappa shape index (κ3) is 4.24. The highest BCUT2D eigenvalue weighted by molar-refractivity contribution is 5.99. The summed E-state index contributed by atoms with van der Waals surface area (Å²) in [6.45, 7) is 2.52. The van der Waals surface area contributed by atoms with Crippen molar-refractivity contribution in [3.63, 3.8) is 0 Å². The number of carbonyl (C=O) groups excluding carboxylic acids is 1. The number of hydrogen-bond acceptors (Lipinski definition) is 5. The topological polar surface area (TPSA) is 110 Å². The zero-order chi connectivity index (χ0) is 21.1. The second-order valence-corrected chi connectivity index (χ2v) is 7.13. The number of halogens is 1. The number of benzene rings is 1. The zero-order valence-corrected chi connectivity index (χ0v) is 16.5. The van der Waals surface area contributed by atoms with Crippen LogP contribution in [0.4, 0.5) is 15.9 Å². The van der Waals surface area contributed by atoms with Crippen molar-refractivity contribution in [3.8, 4) is 0 Å². The molecule has 1 saturated carbocycles. The van der Waals surface area contributed by atoms with Crippen LogP contribution in [0.1, 0.15) is 31.2 Å². The number of aromatic amines is 1. The average molecular weight is 404 g/mol. The largest absolute Gasteiger partial charge is 0.383 e. The second kappa shape index (κ2) is 8.60. The molecule has 3 N–H and O–H groups in total. The van der Waals surface area contributed by atoms with Gasteiger partial charge in [-0.2, -0.15) is 0 Å². The monoisotopic (exact) mass is 404 g/mol. The van der Waals surface area contributed by atoms with E-state index in [9.17, 15) is 18.8 Å². The summed E-state index contributed by atoms with van der Waals surface area (Å²) < 4.78 is 19.5. The third-order valence-corrected chi connectivity index (χ3v) is 5.12. The van der Waals surface area contributed by atoms with Crippen LogP contribution in [0.25, 0.3) is 0 Å².